The minimum Gasteiger partial charge on any atom is -0.447 e. The van der Waals surface area contributed by atoms with Crippen molar-refractivity contribution >= 4 is 45.2 Å². The predicted molar refractivity (Wildman–Crippen MR) is 83.5 cm³/mol. The highest BCUT2D eigenvalue weighted by molar-refractivity contribution is 6.32. The summed E-state index contributed by atoms with van der Waals surface area (Å²) in [6.07, 6.45) is 1.64. The average Bonchev–Trinajstić information content (AvgIpc) is 2.99. The lowest BCUT2D eigenvalue weighted by Crippen LogP contribution is -1.78. The van der Waals surface area contributed by atoms with Gasteiger partial charge in [0.2, 0.25) is 5.71 Å². The van der Waals surface area contributed by atoms with Crippen LogP contribution in [0.2, 0.25) is 10.0 Å². The molecule has 0 spiro atoms. The van der Waals surface area contributed by atoms with E-state index in [0.29, 0.717) is 10.7 Å². The minimum atomic E-state index is -0.455. The van der Waals surface area contributed by atoms with Crippen molar-refractivity contribution in [3.63, 3.8) is 0 Å². The van der Waals surface area contributed by atoms with E-state index in [0.717, 1.165) is 27.4 Å². The van der Waals surface area contributed by atoms with Crippen molar-refractivity contribution in [1.82, 2.24) is 4.98 Å². The third-order valence-corrected chi connectivity index (χ3v) is 4.03. The number of rotatable bonds is 1. The van der Waals surface area contributed by atoms with Gasteiger partial charge in [-0.15, -0.1) is 0 Å². The zero-order chi connectivity index (χ0) is 14.6. The van der Waals surface area contributed by atoms with Crippen LogP contribution in [0.4, 0.5) is 4.39 Å². The van der Waals surface area contributed by atoms with E-state index in [1.807, 2.05) is 18.2 Å². The van der Waals surface area contributed by atoms with Crippen LogP contribution in [0.25, 0.3) is 33.1 Å². The lowest BCUT2D eigenvalue weighted by molar-refractivity contribution is 0.606. The van der Waals surface area contributed by atoms with Gasteiger partial charge in [-0.25, -0.2) is 4.39 Å². The van der Waals surface area contributed by atoms with E-state index < -0.39 is 5.82 Å². The molecule has 2 heterocycles. The predicted octanol–water partition coefficient (Wildman–Crippen LogP) is 6.03. The van der Waals surface area contributed by atoms with E-state index in [2.05, 4.69) is 4.98 Å². The number of hydrogen-bond acceptors (Lipinski definition) is 1. The van der Waals surface area contributed by atoms with Gasteiger partial charge >= 0.3 is 0 Å². The number of fused-ring (bicyclic) bond motifs is 3. The Labute approximate surface area is 129 Å². The quantitative estimate of drug-likeness (QED) is 0.456. The second-order valence-corrected chi connectivity index (χ2v) is 5.64. The highest BCUT2D eigenvalue weighted by Crippen LogP contribution is 2.38. The maximum Gasteiger partial charge on any atom is 0.205 e. The molecular weight excluding hydrogens is 312 g/mol. The number of aromatic amines is 1. The molecule has 0 bridgehead atoms. The molecule has 2 aromatic heterocycles. The zero-order valence-electron chi connectivity index (χ0n) is 10.6. The van der Waals surface area contributed by atoms with Crippen molar-refractivity contribution in [2.75, 3.05) is 0 Å². The van der Waals surface area contributed by atoms with E-state index in [4.69, 9.17) is 27.6 Å². The lowest BCUT2D eigenvalue weighted by Gasteiger charge is -2.00. The molecule has 104 valence electrons. The van der Waals surface area contributed by atoms with Gasteiger partial charge < -0.3 is 9.40 Å². The molecule has 2 aromatic carbocycles. The maximum atomic E-state index is 13.8. The first-order valence-corrected chi connectivity index (χ1v) is 7.03. The van der Waals surface area contributed by atoms with Gasteiger partial charge in [0.1, 0.15) is 12.1 Å². The normalized spacial score (nSPS) is 11.6. The Hall–Kier alpha value is -1.97. The molecule has 0 aliphatic rings. The molecule has 0 atom stereocenters. The smallest absolute Gasteiger partial charge is 0.205 e. The fourth-order valence-corrected chi connectivity index (χ4v) is 2.92. The maximum absolute atomic E-state index is 13.8. The van der Waals surface area contributed by atoms with Crippen LogP contribution in [0.15, 0.2) is 47.1 Å². The van der Waals surface area contributed by atoms with Crippen LogP contribution < -0.4 is 0 Å². The van der Waals surface area contributed by atoms with Gasteiger partial charge in [0, 0.05) is 16.0 Å². The Balaban J connectivity index is 2.09. The van der Waals surface area contributed by atoms with Crippen molar-refractivity contribution in [3.8, 4) is 11.1 Å². The minimum absolute atomic E-state index is 0.0794. The molecule has 5 heteroatoms. The van der Waals surface area contributed by atoms with Crippen LogP contribution in [-0.4, -0.2) is 4.98 Å². The molecule has 0 unspecified atom stereocenters. The molecule has 2 nitrogen and oxygen atoms in total. The van der Waals surface area contributed by atoms with Crippen LogP contribution in [0.3, 0.4) is 0 Å². The van der Waals surface area contributed by atoms with Crippen LogP contribution in [-0.2, 0) is 0 Å². The number of benzene rings is 2. The van der Waals surface area contributed by atoms with Gasteiger partial charge in [0.15, 0.2) is 0 Å². The molecule has 0 aliphatic carbocycles. The molecule has 4 aromatic rings. The van der Waals surface area contributed by atoms with Crippen molar-refractivity contribution in [3.05, 3.63) is 58.5 Å². The number of aromatic nitrogens is 1. The van der Waals surface area contributed by atoms with Crippen molar-refractivity contribution in [2.24, 2.45) is 0 Å². The Morgan fingerprint density at radius 2 is 1.95 bits per heavy atom. The number of nitrogens with one attached hydrogen (secondary N) is 1. The van der Waals surface area contributed by atoms with Crippen LogP contribution in [0.1, 0.15) is 0 Å². The first-order chi connectivity index (χ1) is 10.1. The zero-order valence-corrected chi connectivity index (χ0v) is 12.1. The summed E-state index contributed by atoms with van der Waals surface area (Å²) in [5.74, 6) is -0.455. The number of furan rings is 1. The van der Waals surface area contributed by atoms with Gasteiger partial charge in [-0.1, -0.05) is 35.3 Å². The molecular formula is C16H8Cl2FNO. The summed E-state index contributed by atoms with van der Waals surface area (Å²) in [6, 6.07) is 10.4. The summed E-state index contributed by atoms with van der Waals surface area (Å²) in [7, 11) is 0. The van der Waals surface area contributed by atoms with E-state index >= 15 is 0 Å². The lowest BCUT2D eigenvalue weighted by atomic mass is 10.0. The molecule has 0 radical (unpaired) electrons. The molecule has 1 N–H and O–H groups in total. The molecule has 0 saturated carbocycles. The van der Waals surface area contributed by atoms with Crippen LogP contribution in [0.5, 0.6) is 0 Å². The number of halogens is 3. The van der Waals surface area contributed by atoms with E-state index in [9.17, 15) is 4.39 Å². The standard InChI is InChI=1S/C16H8Cl2FNO/c17-9-3-1-2-8(4-9)11-7-21-16-15(11)10-5-13(19)12(18)6-14(10)20-16/h1-7,20H. The molecule has 0 amide bonds. The second kappa shape index (κ2) is 4.52. The largest absolute Gasteiger partial charge is 0.447 e. The Morgan fingerprint density at radius 3 is 2.76 bits per heavy atom. The van der Waals surface area contributed by atoms with Crippen LogP contribution >= 0.6 is 23.2 Å². The van der Waals surface area contributed by atoms with Gasteiger partial charge in [0.05, 0.1) is 15.9 Å². The van der Waals surface area contributed by atoms with Gasteiger partial charge in [-0.05, 0) is 29.8 Å². The van der Waals surface area contributed by atoms with Crippen molar-refractivity contribution < 1.29 is 8.81 Å². The Bertz CT molecular complexity index is 987. The van der Waals surface area contributed by atoms with E-state index in [-0.39, 0.29) is 5.02 Å². The summed E-state index contributed by atoms with van der Waals surface area (Å²) in [6.45, 7) is 0. The monoisotopic (exact) mass is 319 g/mol. The summed E-state index contributed by atoms with van der Waals surface area (Å²) in [4.78, 5) is 3.10. The van der Waals surface area contributed by atoms with Crippen LogP contribution in [0, 0.1) is 5.82 Å². The first-order valence-electron chi connectivity index (χ1n) is 6.27. The van der Waals surface area contributed by atoms with Gasteiger partial charge in [0.25, 0.3) is 0 Å². The average molecular weight is 320 g/mol. The van der Waals surface area contributed by atoms with Crippen molar-refractivity contribution in [2.45, 2.75) is 0 Å². The van der Waals surface area contributed by atoms with E-state index in [1.54, 1.807) is 18.4 Å². The number of hydrogen-bond donors (Lipinski definition) is 1. The highest BCUT2D eigenvalue weighted by Gasteiger charge is 2.16. The number of H-pyrrole nitrogens is 1. The fourth-order valence-electron chi connectivity index (χ4n) is 2.57. The van der Waals surface area contributed by atoms with Crippen molar-refractivity contribution in [1.29, 1.82) is 0 Å². The summed E-state index contributed by atoms with van der Waals surface area (Å²) < 4.78 is 19.3. The second-order valence-electron chi connectivity index (χ2n) is 4.80. The molecule has 0 fully saturated rings. The summed E-state index contributed by atoms with van der Waals surface area (Å²) in [5, 5.41) is 2.27. The first kappa shape index (κ1) is 12.7. The third-order valence-electron chi connectivity index (χ3n) is 3.50. The molecule has 4 rings (SSSR count). The SMILES string of the molecule is Fc1cc2c(cc1Cl)[nH]c1occ(-c3cccc(Cl)c3)c12. The molecule has 0 aliphatic heterocycles. The fraction of sp³-hybridized carbons (Fsp3) is 0. The summed E-state index contributed by atoms with van der Waals surface area (Å²) in [5.41, 5.74) is 3.10. The highest BCUT2D eigenvalue weighted by atomic mass is 35.5. The summed E-state index contributed by atoms with van der Waals surface area (Å²) >= 11 is 11.9. The van der Waals surface area contributed by atoms with Gasteiger partial charge in [-0.3, -0.25) is 0 Å². The topological polar surface area (TPSA) is 28.9 Å². The Morgan fingerprint density at radius 1 is 1.10 bits per heavy atom. The Kier molecular flexibility index (Phi) is 2.74. The molecule has 21 heavy (non-hydrogen) atoms. The van der Waals surface area contributed by atoms with Gasteiger partial charge in [-0.2, -0.15) is 0 Å². The molecule has 0 saturated heterocycles. The third kappa shape index (κ3) is 1.93. The van der Waals surface area contributed by atoms with E-state index in [1.165, 1.54) is 6.07 Å².